The Morgan fingerprint density at radius 1 is 1.47 bits per heavy atom. The van der Waals surface area contributed by atoms with E-state index >= 15 is 0 Å². The number of amides is 1. The van der Waals surface area contributed by atoms with Gasteiger partial charge in [0, 0.05) is 17.7 Å². The molecule has 1 N–H and O–H groups in total. The van der Waals surface area contributed by atoms with Crippen molar-refractivity contribution >= 4 is 27.5 Å². The van der Waals surface area contributed by atoms with Gasteiger partial charge in [-0.3, -0.25) is 9.48 Å². The third-order valence-corrected chi connectivity index (χ3v) is 2.89. The molecule has 1 aromatic heterocycles. The molecule has 2 aromatic rings. The van der Waals surface area contributed by atoms with Crippen molar-refractivity contribution in [3.63, 3.8) is 0 Å². The third-order valence-electron chi connectivity index (χ3n) is 2.23. The molecule has 6 heteroatoms. The summed E-state index contributed by atoms with van der Waals surface area (Å²) in [6.45, 7) is 0. The minimum absolute atomic E-state index is 0.294. The molecular weight excluding hydrogens is 289 g/mol. The predicted molar refractivity (Wildman–Crippen MR) is 65.3 cm³/mol. The second-order valence-electron chi connectivity index (χ2n) is 3.42. The Bertz CT molecular complexity index is 568. The lowest BCUT2D eigenvalue weighted by Gasteiger charge is -2.07. The van der Waals surface area contributed by atoms with Crippen molar-refractivity contribution in [3.8, 4) is 0 Å². The number of nitrogens with one attached hydrogen (secondary N) is 1. The highest BCUT2D eigenvalue weighted by atomic mass is 79.9. The average molecular weight is 298 g/mol. The van der Waals surface area contributed by atoms with Crippen LogP contribution in [0.4, 0.5) is 10.1 Å². The van der Waals surface area contributed by atoms with Gasteiger partial charge in [0.25, 0.3) is 5.91 Å². The van der Waals surface area contributed by atoms with Crippen molar-refractivity contribution in [2.24, 2.45) is 7.05 Å². The molecule has 0 saturated carbocycles. The number of hydrogen-bond donors (Lipinski definition) is 1. The number of halogens is 2. The molecule has 0 unspecified atom stereocenters. The monoisotopic (exact) mass is 297 g/mol. The molecule has 4 nitrogen and oxygen atoms in total. The number of aryl methyl sites for hydroxylation is 1. The number of carbonyl (C=O) groups is 1. The predicted octanol–water partition coefficient (Wildman–Crippen LogP) is 2.57. The summed E-state index contributed by atoms with van der Waals surface area (Å²) in [5.41, 5.74) is 0.943. The van der Waals surface area contributed by atoms with Gasteiger partial charge in [-0.2, -0.15) is 5.10 Å². The molecule has 2 rings (SSSR count). The number of hydrogen-bond acceptors (Lipinski definition) is 2. The molecule has 0 radical (unpaired) electrons. The van der Waals surface area contributed by atoms with Crippen LogP contribution in [0.1, 0.15) is 10.5 Å². The van der Waals surface area contributed by atoms with E-state index in [1.165, 1.54) is 29.1 Å². The third kappa shape index (κ3) is 2.52. The zero-order valence-corrected chi connectivity index (χ0v) is 10.5. The van der Waals surface area contributed by atoms with E-state index in [-0.39, 0.29) is 11.7 Å². The van der Waals surface area contributed by atoms with E-state index in [2.05, 4.69) is 26.3 Å². The van der Waals surface area contributed by atoms with Crippen molar-refractivity contribution in [1.82, 2.24) is 9.78 Å². The summed E-state index contributed by atoms with van der Waals surface area (Å²) in [4.78, 5) is 11.8. The standard InChI is InChI=1S/C11H9BrFN3O/c1-16-10(4-5-14-16)11(17)15-9-3-2-7(13)6-8(9)12/h2-6H,1H3,(H,15,17). The molecule has 0 bridgehead atoms. The second kappa shape index (κ2) is 4.67. The van der Waals surface area contributed by atoms with Crippen molar-refractivity contribution < 1.29 is 9.18 Å². The van der Waals surface area contributed by atoms with Gasteiger partial charge in [-0.05, 0) is 40.2 Å². The van der Waals surface area contributed by atoms with Crippen molar-refractivity contribution in [1.29, 1.82) is 0 Å². The SMILES string of the molecule is Cn1nccc1C(=O)Nc1ccc(F)cc1Br. The Morgan fingerprint density at radius 2 is 2.24 bits per heavy atom. The molecule has 17 heavy (non-hydrogen) atoms. The maximum Gasteiger partial charge on any atom is 0.273 e. The van der Waals surface area contributed by atoms with Crippen molar-refractivity contribution in [2.75, 3.05) is 5.32 Å². The fraction of sp³-hybridized carbons (Fsp3) is 0.0909. The van der Waals surface area contributed by atoms with Crippen LogP contribution in [0.5, 0.6) is 0 Å². The summed E-state index contributed by atoms with van der Waals surface area (Å²) < 4.78 is 14.8. The highest BCUT2D eigenvalue weighted by Crippen LogP contribution is 2.23. The van der Waals surface area contributed by atoms with Crippen LogP contribution in [-0.4, -0.2) is 15.7 Å². The molecular formula is C11H9BrFN3O. The van der Waals surface area contributed by atoms with Gasteiger partial charge in [-0.15, -0.1) is 0 Å². The molecule has 0 atom stereocenters. The lowest BCUT2D eigenvalue weighted by atomic mass is 10.3. The second-order valence-corrected chi connectivity index (χ2v) is 4.27. The lowest BCUT2D eigenvalue weighted by molar-refractivity contribution is 0.101. The summed E-state index contributed by atoms with van der Waals surface area (Å²) in [7, 11) is 1.68. The van der Waals surface area contributed by atoms with E-state index in [1.807, 2.05) is 0 Å². The number of nitrogens with zero attached hydrogens (tertiary/aromatic N) is 2. The van der Waals surface area contributed by atoms with Crippen LogP contribution in [0.2, 0.25) is 0 Å². The molecule has 1 heterocycles. The van der Waals surface area contributed by atoms with Crippen LogP contribution in [0.25, 0.3) is 0 Å². The summed E-state index contributed by atoms with van der Waals surface area (Å²) in [5.74, 6) is -0.660. The fourth-order valence-corrected chi connectivity index (χ4v) is 1.82. The summed E-state index contributed by atoms with van der Waals surface area (Å²) in [5, 5.41) is 6.57. The molecule has 0 aliphatic heterocycles. The molecule has 1 aromatic carbocycles. The van der Waals surface area contributed by atoms with Crippen LogP contribution in [0, 0.1) is 5.82 Å². The van der Waals surface area contributed by atoms with Gasteiger partial charge in [-0.25, -0.2) is 4.39 Å². The van der Waals surface area contributed by atoms with E-state index in [4.69, 9.17) is 0 Å². The van der Waals surface area contributed by atoms with Crippen LogP contribution < -0.4 is 5.32 Å². The van der Waals surface area contributed by atoms with Gasteiger partial charge in [0.2, 0.25) is 0 Å². The Hall–Kier alpha value is -1.69. The van der Waals surface area contributed by atoms with Crippen LogP contribution in [-0.2, 0) is 7.05 Å². The summed E-state index contributed by atoms with van der Waals surface area (Å²) >= 11 is 3.18. The van der Waals surface area contributed by atoms with Crippen LogP contribution in [0.15, 0.2) is 34.9 Å². The smallest absolute Gasteiger partial charge is 0.273 e. The first-order valence-electron chi connectivity index (χ1n) is 4.82. The van der Waals surface area contributed by atoms with E-state index < -0.39 is 0 Å². The van der Waals surface area contributed by atoms with Crippen molar-refractivity contribution in [2.45, 2.75) is 0 Å². The largest absolute Gasteiger partial charge is 0.320 e. The van der Waals surface area contributed by atoms with Crippen LogP contribution >= 0.6 is 15.9 Å². The minimum atomic E-state index is -0.365. The highest BCUT2D eigenvalue weighted by molar-refractivity contribution is 9.10. The Balaban J connectivity index is 2.22. The highest BCUT2D eigenvalue weighted by Gasteiger charge is 2.11. The molecule has 0 spiro atoms. The van der Waals surface area contributed by atoms with Gasteiger partial charge in [-0.1, -0.05) is 0 Å². The maximum atomic E-state index is 12.9. The first-order chi connectivity index (χ1) is 8.08. The zero-order chi connectivity index (χ0) is 12.4. The quantitative estimate of drug-likeness (QED) is 0.926. The zero-order valence-electron chi connectivity index (χ0n) is 8.95. The number of aromatic nitrogens is 2. The number of carbonyl (C=O) groups excluding carboxylic acids is 1. The van der Waals surface area contributed by atoms with E-state index in [1.54, 1.807) is 13.1 Å². The number of benzene rings is 1. The van der Waals surface area contributed by atoms with E-state index in [0.29, 0.717) is 15.9 Å². The molecule has 88 valence electrons. The van der Waals surface area contributed by atoms with Gasteiger partial charge in [0.1, 0.15) is 11.5 Å². The van der Waals surface area contributed by atoms with E-state index in [9.17, 15) is 9.18 Å². The normalized spacial score (nSPS) is 10.3. The molecule has 0 aliphatic rings. The molecule has 0 saturated heterocycles. The van der Waals surface area contributed by atoms with Crippen LogP contribution in [0.3, 0.4) is 0 Å². The molecule has 1 amide bonds. The minimum Gasteiger partial charge on any atom is -0.320 e. The first-order valence-corrected chi connectivity index (χ1v) is 5.61. The Kier molecular flexibility index (Phi) is 3.23. The average Bonchev–Trinajstić information content (AvgIpc) is 2.68. The van der Waals surface area contributed by atoms with Gasteiger partial charge in [0.15, 0.2) is 0 Å². The maximum absolute atomic E-state index is 12.9. The molecule has 0 aliphatic carbocycles. The fourth-order valence-electron chi connectivity index (χ4n) is 1.37. The van der Waals surface area contributed by atoms with Crippen molar-refractivity contribution in [3.05, 3.63) is 46.4 Å². The van der Waals surface area contributed by atoms with Gasteiger partial charge >= 0.3 is 0 Å². The molecule has 0 fully saturated rings. The Morgan fingerprint density at radius 3 is 2.82 bits per heavy atom. The summed E-state index contributed by atoms with van der Waals surface area (Å²) in [6, 6.07) is 5.67. The number of anilines is 1. The first kappa shape index (κ1) is 11.8. The lowest BCUT2D eigenvalue weighted by Crippen LogP contribution is -2.16. The van der Waals surface area contributed by atoms with Gasteiger partial charge in [0.05, 0.1) is 5.69 Å². The topological polar surface area (TPSA) is 46.9 Å². The number of rotatable bonds is 2. The van der Waals surface area contributed by atoms with Gasteiger partial charge < -0.3 is 5.32 Å². The Labute approximate surface area is 106 Å². The summed E-state index contributed by atoms with van der Waals surface area (Å²) in [6.07, 6.45) is 1.54. The van der Waals surface area contributed by atoms with E-state index in [0.717, 1.165) is 0 Å².